The molecule has 1 aliphatic heterocycles. The number of halogens is 3. The van der Waals surface area contributed by atoms with Crippen molar-refractivity contribution in [2.45, 2.75) is 16.0 Å². The molecule has 2 aromatic carbocycles. The van der Waals surface area contributed by atoms with E-state index in [1.165, 1.54) is 23.9 Å². The van der Waals surface area contributed by atoms with Crippen LogP contribution in [0.1, 0.15) is 16.1 Å². The highest BCUT2D eigenvalue weighted by molar-refractivity contribution is 7.99. The number of nitrogens with zero attached hydrogens (tertiary/aromatic N) is 3. The first kappa shape index (κ1) is 27.7. The molecule has 38 heavy (non-hydrogen) atoms. The van der Waals surface area contributed by atoms with Crippen LogP contribution in [-0.4, -0.2) is 63.0 Å². The summed E-state index contributed by atoms with van der Waals surface area (Å²) in [5.41, 5.74) is -1.69. The Balaban J connectivity index is 1.43. The molecule has 0 aliphatic carbocycles. The van der Waals surface area contributed by atoms with Crippen molar-refractivity contribution in [3.8, 4) is 0 Å². The molecule has 3 N–H and O–H groups in total. The van der Waals surface area contributed by atoms with Gasteiger partial charge in [-0.3, -0.25) is 4.79 Å². The fourth-order valence-corrected chi connectivity index (χ4v) is 5.47. The van der Waals surface area contributed by atoms with E-state index < -0.39 is 32.6 Å². The molecule has 9 nitrogen and oxygen atoms in total. The number of thioether (sulfide) groups is 1. The van der Waals surface area contributed by atoms with Crippen molar-refractivity contribution >= 4 is 39.2 Å². The molecule has 1 amide bonds. The van der Waals surface area contributed by atoms with Crippen molar-refractivity contribution in [1.82, 2.24) is 20.2 Å². The Morgan fingerprint density at radius 2 is 1.76 bits per heavy atom. The maximum atomic E-state index is 13.8. The predicted octanol–water partition coefficient (Wildman–Crippen LogP) is 3.23. The molecule has 1 fully saturated rings. The molecule has 0 unspecified atom stereocenters. The second kappa shape index (κ2) is 12.0. The zero-order valence-corrected chi connectivity index (χ0v) is 21.7. The normalized spacial score (nSPS) is 14.2. The number of hydrogen-bond acceptors (Lipinski definition) is 9. The average Bonchev–Trinajstić information content (AvgIpc) is 2.91. The summed E-state index contributed by atoms with van der Waals surface area (Å²) in [7, 11) is -4.62. The average molecular weight is 567 g/mol. The first-order valence-electron chi connectivity index (χ1n) is 11.6. The van der Waals surface area contributed by atoms with Crippen LogP contribution in [0.3, 0.4) is 0 Å². The molecule has 0 saturated carbocycles. The number of benzene rings is 2. The molecule has 0 bridgehead atoms. The Kier molecular flexibility index (Phi) is 8.74. The van der Waals surface area contributed by atoms with Crippen molar-refractivity contribution in [2.75, 3.05) is 48.7 Å². The van der Waals surface area contributed by atoms with Gasteiger partial charge in [-0.2, -0.15) is 13.2 Å². The predicted molar refractivity (Wildman–Crippen MR) is 139 cm³/mol. The second-order valence-corrected chi connectivity index (χ2v) is 11.1. The number of hydrogen-bond donors (Lipinski definition) is 3. The number of aromatic nitrogens is 2. The number of carbonyl (C=O) groups excluding carboxylic acids is 1. The van der Waals surface area contributed by atoms with Crippen LogP contribution in [-0.2, 0) is 16.2 Å². The largest absolute Gasteiger partial charge is 0.418 e. The van der Waals surface area contributed by atoms with Gasteiger partial charge in [-0.25, -0.2) is 13.1 Å². The molecule has 0 spiro atoms. The monoisotopic (exact) mass is 566 g/mol. The molecule has 0 radical (unpaired) electrons. The van der Waals surface area contributed by atoms with Crippen molar-refractivity contribution in [3.05, 3.63) is 71.9 Å². The van der Waals surface area contributed by atoms with Gasteiger partial charge in [0, 0.05) is 49.1 Å². The molecule has 202 valence electrons. The van der Waals surface area contributed by atoms with Gasteiger partial charge >= 0.3 is 6.18 Å². The molecule has 3 aromatic rings. The van der Waals surface area contributed by atoms with Crippen LogP contribution in [0.25, 0.3) is 0 Å². The highest BCUT2D eigenvalue weighted by Gasteiger charge is 2.35. The summed E-state index contributed by atoms with van der Waals surface area (Å²) in [5, 5.41) is 13.7. The van der Waals surface area contributed by atoms with Crippen LogP contribution in [0.5, 0.6) is 0 Å². The van der Waals surface area contributed by atoms with E-state index in [-0.39, 0.29) is 17.9 Å². The van der Waals surface area contributed by atoms with E-state index in [4.69, 9.17) is 0 Å². The van der Waals surface area contributed by atoms with Crippen molar-refractivity contribution in [1.29, 1.82) is 0 Å². The van der Waals surface area contributed by atoms with Gasteiger partial charge in [0.05, 0.1) is 10.5 Å². The number of amides is 1. The molecule has 1 aromatic heterocycles. The summed E-state index contributed by atoms with van der Waals surface area (Å²) < 4.78 is 68.5. The van der Waals surface area contributed by atoms with Gasteiger partial charge < -0.3 is 15.5 Å². The van der Waals surface area contributed by atoms with E-state index in [2.05, 4.69) is 20.8 Å². The van der Waals surface area contributed by atoms with E-state index in [0.29, 0.717) is 30.7 Å². The summed E-state index contributed by atoms with van der Waals surface area (Å²) in [6.07, 6.45) is -4.82. The number of alkyl halides is 3. The number of sulfonamides is 1. The molecule has 1 saturated heterocycles. The Morgan fingerprint density at radius 3 is 2.42 bits per heavy atom. The second-order valence-electron chi connectivity index (χ2n) is 8.24. The van der Waals surface area contributed by atoms with E-state index in [1.807, 2.05) is 35.2 Å². The number of rotatable bonds is 9. The van der Waals surface area contributed by atoms with Crippen molar-refractivity contribution in [3.63, 3.8) is 0 Å². The van der Waals surface area contributed by atoms with Crippen LogP contribution in [0.2, 0.25) is 0 Å². The van der Waals surface area contributed by atoms with Gasteiger partial charge in [0.25, 0.3) is 15.9 Å². The van der Waals surface area contributed by atoms with Crippen LogP contribution in [0, 0.1) is 0 Å². The smallest absolute Gasteiger partial charge is 0.384 e. The van der Waals surface area contributed by atoms with E-state index in [0.717, 1.165) is 30.1 Å². The third-order valence-electron chi connectivity index (χ3n) is 5.59. The lowest BCUT2D eigenvalue weighted by atomic mass is 10.1. The molecular weight excluding hydrogens is 541 g/mol. The van der Waals surface area contributed by atoms with E-state index >= 15 is 0 Å². The van der Waals surface area contributed by atoms with Crippen LogP contribution >= 0.6 is 11.8 Å². The molecule has 14 heteroatoms. The van der Waals surface area contributed by atoms with Gasteiger partial charge in [0.15, 0.2) is 11.5 Å². The number of carbonyl (C=O) groups is 1. The van der Waals surface area contributed by atoms with Gasteiger partial charge in [-0.1, -0.05) is 18.2 Å². The Bertz CT molecular complexity index is 1350. The fourth-order valence-electron chi connectivity index (χ4n) is 3.69. The Hall–Kier alpha value is -3.36. The number of anilines is 2. The summed E-state index contributed by atoms with van der Waals surface area (Å²) in [6.45, 7) is 3.15. The minimum absolute atomic E-state index is 0.216. The quantitative estimate of drug-likeness (QED) is 0.265. The summed E-state index contributed by atoms with van der Waals surface area (Å²) in [4.78, 5) is 14.7. The number of nitrogens with one attached hydrogen (secondary N) is 3. The molecule has 4 rings (SSSR count). The lowest BCUT2D eigenvalue weighted by molar-refractivity contribution is -0.137. The lowest BCUT2D eigenvalue weighted by Crippen LogP contribution is -2.44. The third kappa shape index (κ3) is 7.14. The van der Waals surface area contributed by atoms with Crippen LogP contribution in [0.15, 0.2) is 70.5 Å². The lowest BCUT2D eigenvalue weighted by Gasteiger charge is -2.27. The summed E-state index contributed by atoms with van der Waals surface area (Å²) in [6, 6.07) is 14.8. The molecule has 2 heterocycles. The fraction of sp³-hybridized carbons (Fsp3) is 0.292. The minimum atomic E-state index is -4.82. The zero-order chi connectivity index (χ0) is 27.2. The Morgan fingerprint density at radius 1 is 1.03 bits per heavy atom. The zero-order valence-electron chi connectivity index (χ0n) is 20.0. The van der Waals surface area contributed by atoms with Gasteiger partial charge in [0.1, 0.15) is 0 Å². The first-order valence-corrected chi connectivity index (χ1v) is 14.1. The minimum Gasteiger partial charge on any atom is -0.384 e. The number of piperazine rings is 1. The van der Waals surface area contributed by atoms with E-state index in [1.54, 1.807) is 4.72 Å². The first-order chi connectivity index (χ1) is 18.1. The molecular formula is C24H25F3N6O3S2. The SMILES string of the molecule is O=C(NS(=O)(=O)c1ccc(NCCSc2ccccc2)c(C(F)(F)F)c1)c1ccc(N2CCNCC2)nn1. The van der Waals surface area contributed by atoms with Crippen LogP contribution in [0.4, 0.5) is 24.7 Å². The van der Waals surface area contributed by atoms with Gasteiger partial charge in [-0.15, -0.1) is 22.0 Å². The summed E-state index contributed by atoms with van der Waals surface area (Å²) >= 11 is 1.47. The molecule has 0 atom stereocenters. The van der Waals surface area contributed by atoms with Crippen LogP contribution < -0.4 is 20.3 Å². The highest BCUT2D eigenvalue weighted by Crippen LogP contribution is 2.36. The highest BCUT2D eigenvalue weighted by atomic mass is 32.2. The van der Waals surface area contributed by atoms with Crippen molar-refractivity contribution in [2.24, 2.45) is 0 Å². The maximum Gasteiger partial charge on any atom is 0.418 e. The topological polar surface area (TPSA) is 116 Å². The van der Waals surface area contributed by atoms with Crippen molar-refractivity contribution < 1.29 is 26.4 Å². The summed E-state index contributed by atoms with van der Waals surface area (Å²) in [5.74, 6) is -0.0737. The van der Waals surface area contributed by atoms with E-state index in [9.17, 15) is 26.4 Å². The van der Waals surface area contributed by atoms with Gasteiger partial charge in [0.2, 0.25) is 0 Å². The van der Waals surface area contributed by atoms with Gasteiger partial charge in [-0.05, 0) is 42.5 Å². The Labute approximate surface area is 222 Å². The molecule has 1 aliphatic rings. The maximum absolute atomic E-state index is 13.8. The standard InChI is InChI=1S/C24H25F3N6O3S2/c25-24(26,27)19-16-18(6-7-20(19)29-12-15-37-17-4-2-1-3-5-17)38(35,36)32-23(34)21-8-9-22(31-30-21)33-13-10-28-11-14-33/h1-9,16,28-29H,10-15H2,(H,32,34). The third-order valence-corrected chi connectivity index (χ3v) is 7.93.